The molecule has 2 rings (SSSR count). The van der Waals surface area contributed by atoms with Crippen LogP contribution in [0.1, 0.15) is 55.5 Å². The normalized spacial score (nSPS) is 23.0. The molecule has 6 nitrogen and oxygen atoms in total. The number of hydrogen-bond donors (Lipinski definition) is 0. The van der Waals surface area contributed by atoms with Crippen LogP contribution in [0.25, 0.3) is 0 Å². The molecule has 1 aromatic rings. The first-order valence-electron chi connectivity index (χ1n) is 8.81. The van der Waals surface area contributed by atoms with Crippen LogP contribution < -0.4 is 4.74 Å². The third kappa shape index (κ3) is 4.77. The van der Waals surface area contributed by atoms with E-state index in [1.165, 1.54) is 7.11 Å². The van der Waals surface area contributed by atoms with E-state index in [1.807, 2.05) is 6.92 Å². The van der Waals surface area contributed by atoms with Crippen LogP contribution in [0.3, 0.4) is 0 Å². The lowest BCUT2D eigenvalue weighted by molar-refractivity contribution is -0.144. The summed E-state index contributed by atoms with van der Waals surface area (Å²) in [7, 11) is 1.53. The molecule has 1 heterocycles. The Kier molecular flexibility index (Phi) is 6.66. The van der Waals surface area contributed by atoms with Crippen molar-refractivity contribution >= 4 is 23.3 Å². The molecule has 0 saturated carbocycles. The highest BCUT2D eigenvalue weighted by Gasteiger charge is 2.26. The lowest BCUT2D eigenvalue weighted by Gasteiger charge is -2.21. The molecule has 26 heavy (non-hydrogen) atoms. The molecule has 6 heteroatoms. The van der Waals surface area contributed by atoms with Gasteiger partial charge in [-0.3, -0.25) is 14.4 Å². The number of fused-ring (bicyclic) bond motifs is 1. The van der Waals surface area contributed by atoms with Crippen molar-refractivity contribution in [3.8, 4) is 5.75 Å². The number of carbonyl (C=O) groups excluding carboxylic acids is 4. The Morgan fingerprint density at radius 2 is 1.69 bits per heavy atom. The monoisotopic (exact) mass is 360 g/mol. The van der Waals surface area contributed by atoms with Gasteiger partial charge >= 0.3 is 5.97 Å². The maximum atomic E-state index is 12.6. The number of ether oxygens (including phenoxy) is 2. The molecule has 1 aliphatic rings. The van der Waals surface area contributed by atoms with E-state index in [4.69, 9.17) is 9.47 Å². The molecule has 2 atom stereocenters. The van der Waals surface area contributed by atoms with Gasteiger partial charge in [-0.1, -0.05) is 6.92 Å². The lowest BCUT2D eigenvalue weighted by atomic mass is 9.94. The summed E-state index contributed by atoms with van der Waals surface area (Å²) in [4.78, 5) is 48.3. The fraction of sp³-hybridized carbons (Fsp3) is 0.500. The Morgan fingerprint density at radius 3 is 2.38 bits per heavy atom. The third-order valence-corrected chi connectivity index (χ3v) is 4.81. The molecule has 0 saturated heterocycles. The maximum absolute atomic E-state index is 12.6. The summed E-state index contributed by atoms with van der Waals surface area (Å²) in [5.41, 5.74) is 1.12. The molecule has 0 amide bonds. The number of Topliss-reactive ketones (excluding diaryl/α,β-unsaturated/α-hetero) is 3. The first kappa shape index (κ1) is 19.8. The van der Waals surface area contributed by atoms with Gasteiger partial charge in [-0.25, -0.2) is 4.79 Å². The van der Waals surface area contributed by atoms with Gasteiger partial charge in [0.2, 0.25) is 11.6 Å². The summed E-state index contributed by atoms with van der Waals surface area (Å²) in [5, 5.41) is 0. The largest absolute Gasteiger partial charge is 0.497 e. The lowest BCUT2D eigenvalue weighted by Crippen LogP contribution is -2.27. The summed E-state index contributed by atoms with van der Waals surface area (Å²) in [6, 6.07) is 5.06. The third-order valence-electron chi connectivity index (χ3n) is 4.81. The summed E-state index contributed by atoms with van der Waals surface area (Å²) >= 11 is 0. The van der Waals surface area contributed by atoms with Crippen molar-refractivity contribution in [1.82, 2.24) is 0 Å². The van der Waals surface area contributed by atoms with E-state index in [0.29, 0.717) is 36.1 Å². The maximum Gasteiger partial charge on any atom is 0.338 e. The number of ketones is 3. The predicted octanol–water partition coefficient (Wildman–Crippen LogP) is 2.70. The second-order valence-electron chi connectivity index (χ2n) is 6.68. The summed E-state index contributed by atoms with van der Waals surface area (Å²) < 4.78 is 10.7. The van der Waals surface area contributed by atoms with Crippen LogP contribution in [0.15, 0.2) is 18.2 Å². The molecule has 0 spiro atoms. The van der Waals surface area contributed by atoms with Crippen molar-refractivity contribution in [3.63, 3.8) is 0 Å². The molecule has 0 fully saturated rings. The van der Waals surface area contributed by atoms with Gasteiger partial charge in [0.15, 0.2) is 0 Å². The molecule has 140 valence electrons. The minimum absolute atomic E-state index is 0.0125. The highest BCUT2D eigenvalue weighted by Crippen LogP contribution is 2.23. The smallest absolute Gasteiger partial charge is 0.338 e. The number of methoxy groups -OCH3 is 1. The number of esters is 1. The minimum Gasteiger partial charge on any atom is -0.497 e. The summed E-state index contributed by atoms with van der Waals surface area (Å²) in [5.74, 6) is -2.22. The van der Waals surface area contributed by atoms with E-state index < -0.39 is 29.4 Å². The predicted molar refractivity (Wildman–Crippen MR) is 94.2 cm³/mol. The standard InChI is InChI=1S/C20H24O6/c1-12-7-10-18(22)19(23)17(21)6-4-5-14-11-15(25-3)8-9-16(14)20(24)26-13(12)2/h8-9,11-13H,4-7,10H2,1-3H3/t12-,13+/m1/s1. The molecule has 1 aromatic carbocycles. The van der Waals surface area contributed by atoms with E-state index in [1.54, 1.807) is 25.1 Å². The van der Waals surface area contributed by atoms with Crippen LogP contribution in [-0.4, -0.2) is 36.5 Å². The second-order valence-corrected chi connectivity index (χ2v) is 6.68. The van der Waals surface area contributed by atoms with Crippen molar-refractivity contribution in [3.05, 3.63) is 29.3 Å². The van der Waals surface area contributed by atoms with Crippen molar-refractivity contribution in [2.45, 2.75) is 52.1 Å². The average Bonchev–Trinajstić information content (AvgIpc) is 2.63. The number of rotatable bonds is 1. The van der Waals surface area contributed by atoms with E-state index >= 15 is 0 Å². The molecule has 0 aliphatic carbocycles. The quantitative estimate of drug-likeness (QED) is 0.565. The molecular formula is C20H24O6. The number of aryl methyl sites for hydroxylation is 1. The fourth-order valence-corrected chi connectivity index (χ4v) is 2.87. The molecule has 1 aliphatic heterocycles. The Morgan fingerprint density at radius 1 is 1.00 bits per heavy atom. The van der Waals surface area contributed by atoms with E-state index in [0.717, 1.165) is 0 Å². The van der Waals surface area contributed by atoms with Gasteiger partial charge < -0.3 is 9.47 Å². The molecule has 0 bridgehead atoms. The first-order valence-corrected chi connectivity index (χ1v) is 8.81. The van der Waals surface area contributed by atoms with Crippen LogP contribution in [0.4, 0.5) is 0 Å². The Bertz CT molecular complexity index is 721. The van der Waals surface area contributed by atoms with Gasteiger partial charge in [-0.2, -0.15) is 0 Å². The Balaban J connectivity index is 2.32. The van der Waals surface area contributed by atoms with Crippen LogP contribution in [0.2, 0.25) is 0 Å². The van der Waals surface area contributed by atoms with Crippen molar-refractivity contribution < 1.29 is 28.7 Å². The van der Waals surface area contributed by atoms with Gasteiger partial charge in [-0.05, 0) is 55.9 Å². The SMILES string of the molecule is COc1ccc2c(c1)CCCC(=O)C(=O)C(=O)CC[C@@H](C)[C@H](C)OC2=O. The molecule has 0 N–H and O–H groups in total. The zero-order valence-corrected chi connectivity index (χ0v) is 15.4. The van der Waals surface area contributed by atoms with Crippen LogP contribution >= 0.6 is 0 Å². The second kappa shape index (κ2) is 8.74. The average molecular weight is 360 g/mol. The van der Waals surface area contributed by atoms with E-state index in [2.05, 4.69) is 0 Å². The fourth-order valence-electron chi connectivity index (χ4n) is 2.87. The van der Waals surface area contributed by atoms with Crippen molar-refractivity contribution in [1.29, 1.82) is 0 Å². The number of carbonyl (C=O) groups is 4. The zero-order chi connectivity index (χ0) is 19.3. The Hall–Kier alpha value is -2.50. The minimum atomic E-state index is -0.926. The molecule has 0 aromatic heterocycles. The highest BCUT2D eigenvalue weighted by molar-refractivity contribution is 6.63. The number of benzene rings is 1. The summed E-state index contributed by atoms with van der Waals surface area (Å²) in [6.07, 6.45) is 0.681. The molecule has 0 unspecified atom stereocenters. The highest BCUT2D eigenvalue weighted by atomic mass is 16.5. The van der Waals surface area contributed by atoms with E-state index in [9.17, 15) is 19.2 Å². The van der Waals surface area contributed by atoms with Gasteiger partial charge in [0, 0.05) is 12.8 Å². The summed E-state index contributed by atoms with van der Waals surface area (Å²) in [6.45, 7) is 3.60. The van der Waals surface area contributed by atoms with Gasteiger partial charge in [0.05, 0.1) is 12.7 Å². The number of hydrogen-bond acceptors (Lipinski definition) is 6. The van der Waals surface area contributed by atoms with Crippen LogP contribution in [0, 0.1) is 5.92 Å². The molecular weight excluding hydrogens is 336 g/mol. The van der Waals surface area contributed by atoms with Gasteiger partial charge in [0.25, 0.3) is 5.78 Å². The number of cyclic esters (lactones) is 1. The topological polar surface area (TPSA) is 86.7 Å². The van der Waals surface area contributed by atoms with Crippen LogP contribution in [-0.2, 0) is 25.5 Å². The first-order chi connectivity index (χ1) is 12.3. The van der Waals surface area contributed by atoms with Crippen molar-refractivity contribution in [2.75, 3.05) is 7.11 Å². The molecule has 0 radical (unpaired) electrons. The van der Waals surface area contributed by atoms with Crippen LogP contribution in [0.5, 0.6) is 5.75 Å². The Labute approximate surface area is 152 Å². The van der Waals surface area contributed by atoms with E-state index in [-0.39, 0.29) is 18.8 Å². The zero-order valence-electron chi connectivity index (χ0n) is 15.4. The van der Waals surface area contributed by atoms with Gasteiger partial charge in [0.1, 0.15) is 11.9 Å². The van der Waals surface area contributed by atoms with Crippen molar-refractivity contribution in [2.24, 2.45) is 5.92 Å². The van der Waals surface area contributed by atoms with Gasteiger partial charge in [-0.15, -0.1) is 0 Å².